The van der Waals surface area contributed by atoms with Crippen molar-refractivity contribution in [2.24, 2.45) is 5.41 Å². The topological polar surface area (TPSA) is 29.3 Å². The second-order valence-electron chi connectivity index (χ2n) is 5.09. The van der Waals surface area contributed by atoms with Crippen molar-refractivity contribution in [1.82, 2.24) is 0 Å². The Labute approximate surface area is 103 Å². The van der Waals surface area contributed by atoms with Gasteiger partial charge in [-0.15, -0.1) is 0 Å². The number of benzene rings is 1. The number of rotatable bonds is 3. The highest BCUT2D eigenvalue weighted by Crippen LogP contribution is 2.39. The summed E-state index contributed by atoms with van der Waals surface area (Å²) < 4.78 is 13.8. The van der Waals surface area contributed by atoms with Crippen molar-refractivity contribution in [3.8, 4) is 0 Å². The Morgan fingerprint density at radius 1 is 1.35 bits per heavy atom. The molecule has 2 rings (SSSR count). The molecule has 1 aliphatic heterocycles. The Bertz CT molecular complexity index is 399. The fraction of sp³-hybridized carbons (Fsp3) is 0.571. The fourth-order valence-corrected chi connectivity index (χ4v) is 2.75. The van der Waals surface area contributed by atoms with E-state index < -0.39 is 0 Å². The SMILES string of the molecule is CCC1(CC)CCN(c2ccc(N)cc2F)C1. The van der Waals surface area contributed by atoms with Crippen molar-refractivity contribution >= 4 is 11.4 Å². The van der Waals surface area contributed by atoms with Gasteiger partial charge in [0, 0.05) is 18.8 Å². The van der Waals surface area contributed by atoms with E-state index in [2.05, 4.69) is 18.7 Å². The molecule has 0 atom stereocenters. The molecule has 1 fully saturated rings. The second kappa shape index (κ2) is 4.55. The molecule has 2 nitrogen and oxygen atoms in total. The van der Waals surface area contributed by atoms with Gasteiger partial charge in [0.25, 0.3) is 0 Å². The maximum atomic E-state index is 13.8. The van der Waals surface area contributed by atoms with Crippen molar-refractivity contribution in [3.63, 3.8) is 0 Å². The first-order valence-electron chi connectivity index (χ1n) is 6.40. The smallest absolute Gasteiger partial charge is 0.148 e. The Morgan fingerprint density at radius 2 is 2.06 bits per heavy atom. The molecule has 94 valence electrons. The van der Waals surface area contributed by atoms with Crippen LogP contribution in [0.1, 0.15) is 33.1 Å². The van der Waals surface area contributed by atoms with E-state index in [1.54, 1.807) is 12.1 Å². The first-order chi connectivity index (χ1) is 8.10. The number of hydrogen-bond donors (Lipinski definition) is 1. The number of nitrogens with zero attached hydrogens (tertiary/aromatic N) is 1. The highest BCUT2D eigenvalue weighted by molar-refractivity contribution is 5.55. The number of nitrogen functional groups attached to an aromatic ring is 1. The monoisotopic (exact) mass is 236 g/mol. The van der Waals surface area contributed by atoms with Crippen LogP contribution in [0.2, 0.25) is 0 Å². The average molecular weight is 236 g/mol. The van der Waals surface area contributed by atoms with Gasteiger partial charge in [0.2, 0.25) is 0 Å². The Balaban J connectivity index is 2.20. The number of hydrogen-bond acceptors (Lipinski definition) is 2. The van der Waals surface area contributed by atoms with E-state index in [-0.39, 0.29) is 5.82 Å². The number of nitrogens with two attached hydrogens (primary N) is 1. The lowest BCUT2D eigenvalue weighted by molar-refractivity contribution is 0.301. The van der Waals surface area contributed by atoms with Crippen LogP contribution in [0.3, 0.4) is 0 Å². The molecular formula is C14H21FN2. The van der Waals surface area contributed by atoms with E-state index in [1.165, 1.54) is 6.07 Å². The van der Waals surface area contributed by atoms with Crippen LogP contribution in [0, 0.1) is 11.2 Å². The van der Waals surface area contributed by atoms with Crippen molar-refractivity contribution in [2.75, 3.05) is 23.7 Å². The van der Waals surface area contributed by atoms with E-state index in [1.807, 2.05) is 0 Å². The van der Waals surface area contributed by atoms with Crippen LogP contribution in [0.15, 0.2) is 18.2 Å². The van der Waals surface area contributed by atoms with Gasteiger partial charge in [0.15, 0.2) is 0 Å². The normalized spacial score (nSPS) is 18.6. The first kappa shape index (κ1) is 12.2. The van der Waals surface area contributed by atoms with E-state index in [0.717, 1.165) is 32.4 Å². The fourth-order valence-electron chi connectivity index (χ4n) is 2.75. The maximum absolute atomic E-state index is 13.8. The molecule has 0 aliphatic carbocycles. The summed E-state index contributed by atoms with van der Waals surface area (Å²) in [6, 6.07) is 4.98. The quantitative estimate of drug-likeness (QED) is 0.815. The zero-order valence-electron chi connectivity index (χ0n) is 10.7. The summed E-state index contributed by atoms with van der Waals surface area (Å²) in [5.74, 6) is -0.201. The number of halogens is 1. The molecule has 2 N–H and O–H groups in total. The lowest BCUT2D eigenvalue weighted by atomic mass is 9.82. The van der Waals surface area contributed by atoms with Crippen LogP contribution in [0.25, 0.3) is 0 Å². The van der Waals surface area contributed by atoms with Crippen LogP contribution in [-0.2, 0) is 0 Å². The van der Waals surface area contributed by atoms with Crippen molar-refractivity contribution in [1.29, 1.82) is 0 Å². The third-order valence-corrected chi connectivity index (χ3v) is 4.25. The molecule has 3 heteroatoms. The highest BCUT2D eigenvalue weighted by atomic mass is 19.1. The molecule has 1 aliphatic rings. The lowest BCUT2D eigenvalue weighted by Crippen LogP contribution is -2.26. The average Bonchev–Trinajstić information content (AvgIpc) is 2.74. The summed E-state index contributed by atoms with van der Waals surface area (Å²) in [4.78, 5) is 2.15. The minimum atomic E-state index is -0.201. The molecule has 0 saturated carbocycles. The minimum absolute atomic E-state index is 0.201. The Morgan fingerprint density at radius 3 is 2.59 bits per heavy atom. The third kappa shape index (κ3) is 2.24. The zero-order valence-corrected chi connectivity index (χ0v) is 10.7. The minimum Gasteiger partial charge on any atom is -0.399 e. The van der Waals surface area contributed by atoms with E-state index in [0.29, 0.717) is 16.8 Å². The molecule has 0 unspecified atom stereocenters. The number of anilines is 2. The van der Waals surface area contributed by atoms with Crippen LogP contribution >= 0.6 is 0 Å². The summed E-state index contributed by atoms with van der Waals surface area (Å²) in [5.41, 5.74) is 7.13. The van der Waals surface area contributed by atoms with Gasteiger partial charge in [0.1, 0.15) is 5.82 Å². The Hall–Kier alpha value is -1.25. The van der Waals surface area contributed by atoms with E-state index in [4.69, 9.17) is 5.73 Å². The molecule has 0 aromatic heterocycles. The van der Waals surface area contributed by atoms with Gasteiger partial charge in [-0.05, 0) is 42.9 Å². The molecule has 1 aromatic rings. The summed E-state index contributed by atoms with van der Waals surface area (Å²) in [6.07, 6.45) is 3.48. The zero-order chi connectivity index (χ0) is 12.5. The maximum Gasteiger partial charge on any atom is 0.148 e. The van der Waals surface area contributed by atoms with Crippen LogP contribution in [0.5, 0.6) is 0 Å². The molecular weight excluding hydrogens is 215 g/mol. The summed E-state index contributed by atoms with van der Waals surface area (Å²) in [7, 11) is 0. The predicted octanol–water partition coefficient (Wildman–Crippen LogP) is 3.42. The van der Waals surface area contributed by atoms with Crippen molar-refractivity contribution in [3.05, 3.63) is 24.0 Å². The van der Waals surface area contributed by atoms with Crippen LogP contribution < -0.4 is 10.6 Å². The largest absolute Gasteiger partial charge is 0.399 e. The van der Waals surface area contributed by atoms with Gasteiger partial charge in [-0.1, -0.05) is 13.8 Å². The Kier molecular flexibility index (Phi) is 3.27. The second-order valence-corrected chi connectivity index (χ2v) is 5.09. The van der Waals surface area contributed by atoms with Gasteiger partial charge in [-0.2, -0.15) is 0 Å². The van der Waals surface area contributed by atoms with Gasteiger partial charge < -0.3 is 10.6 Å². The molecule has 17 heavy (non-hydrogen) atoms. The van der Waals surface area contributed by atoms with Crippen molar-refractivity contribution in [2.45, 2.75) is 33.1 Å². The predicted molar refractivity (Wildman–Crippen MR) is 70.7 cm³/mol. The summed E-state index contributed by atoms with van der Waals surface area (Å²) >= 11 is 0. The molecule has 1 aromatic carbocycles. The molecule has 0 radical (unpaired) electrons. The molecule has 1 saturated heterocycles. The standard InChI is InChI=1S/C14H21FN2/c1-3-14(4-2)7-8-17(10-14)13-6-5-11(16)9-12(13)15/h5-6,9H,3-4,7-8,10,16H2,1-2H3. The molecule has 0 spiro atoms. The molecule has 1 heterocycles. The van der Waals surface area contributed by atoms with Gasteiger partial charge in [-0.3, -0.25) is 0 Å². The van der Waals surface area contributed by atoms with Crippen LogP contribution in [0.4, 0.5) is 15.8 Å². The first-order valence-corrected chi connectivity index (χ1v) is 6.40. The van der Waals surface area contributed by atoms with Gasteiger partial charge in [0.05, 0.1) is 5.69 Å². The lowest BCUT2D eigenvalue weighted by Gasteiger charge is -2.27. The third-order valence-electron chi connectivity index (χ3n) is 4.25. The van der Waals surface area contributed by atoms with E-state index >= 15 is 0 Å². The van der Waals surface area contributed by atoms with Crippen LogP contribution in [-0.4, -0.2) is 13.1 Å². The highest BCUT2D eigenvalue weighted by Gasteiger charge is 2.35. The van der Waals surface area contributed by atoms with Gasteiger partial charge in [-0.25, -0.2) is 4.39 Å². The summed E-state index contributed by atoms with van der Waals surface area (Å²) in [5, 5.41) is 0. The molecule has 0 bridgehead atoms. The van der Waals surface area contributed by atoms with E-state index in [9.17, 15) is 4.39 Å². The summed E-state index contributed by atoms with van der Waals surface area (Å²) in [6.45, 7) is 6.36. The van der Waals surface area contributed by atoms with Gasteiger partial charge >= 0.3 is 0 Å². The molecule has 0 amide bonds. The van der Waals surface area contributed by atoms with Crippen molar-refractivity contribution < 1.29 is 4.39 Å².